The van der Waals surface area contributed by atoms with Gasteiger partial charge in [0.15, 0.2) is 0 Å². The van der Waals surface area contributed by atoms with Crippen LogP contribution in [0.3, 0.4) is 0 Å². The Labute approximate surface area is 205 Å². The molecule has 0 unspecified atom stereocenters. The van der Waals surface area contributed by atoms with E-state index in [1.807, 2.05) is 60.4 Å². The van der Waals surface area contributed by atoms with E-state index in [-0.39, 0.29) is 35.9 Å². The van der Waals surface area contributed by atoms with E-state index in [0.29, 0.717) is 24.3 Å². The van der Waals surface area contributed by atoms with E-state index < -0.39 is 17.9 Å². The lowest BCUT2D eigenvalue weighted by atomic mass is 9.83. The number of aliphatic hydroxyl groups is 1. The van der Waals surface area contributed by atoms with E-state index in [4.69, 9.17) is 0 Å². The molecule has 1 aromatic heterocycles. The van der Waals surface area contributed by atoms with Gasteiger partial charge in [0.1, 0.15) is 0 Å². The molecule has 184 valence electrons. The maximum Gasteiger partial charge on any atom is 0.258 e. The van der Waals surface area contributed by atoms with E-state index in [1.54, 1.807) is 10.6 Å². The summed E-state index contributed by atoms with van der Waals surface area (Å²) in [6.45, 7) is 2.61. The van der Waals surface area contributed by atoms with Crippen LogP contribution in [0, 0.1) is 17.8 Å². The normalized spacial score (nSPS) is 25.4. The molecule has 2 aromatic rings. The molecule has 35 heavy (non-hydrogen) atoms. The van der Waals surface area contributed by atoms with Crippen molar-refractivity contribution in [2.45, 2.75) is 51.2 Å². The summed E-state index contributed by atoms with van der Waals surface area (Å²) in [7, 11) is 0. The van der Waals surface area contributed by atoms with E-state index in [0.717, 1.165) is 31.2 Å². The molecule has 5 rings (SSSR count). The Balaban J connectivity index is 1.55. The van der Waals surface area contributed by atoms with Crippen LogP contribution < -0.4 is 10.9 Å². The number of benzene rings is 1. The van der Waals surface area contributed by atoms with Gasteiger partial charge in [-0.1, -0.05) is 49.8 Å². The predicted molar refractivity (Wildman–Crippen MR) is 134 cm³/mol. The number of nitrogens with one attached hydrogen (secondary N) is 1. The zero-order valence-electron chi connectivity index (χ0n) is 20.1. The maximum atomic E-state index is 13.5. The highest BCUT2D eigenvalue weighted by atomic mass is 16.3. The van der Waals surface area contributed by atoms with Crippen LogP contribution in [-0.4, -0.2) is 45.6 Å². The third kappa shape index (κ3) is 4.12. The third-order valence-electron chi connectivity index (χ3n) is 7.89. The lowest BCUT2D eigenvalue weighted by Crippen LogP contribution is -2.51. The summed E-state index contributed by atoms with van der Waals surface area (Å²) in [5.74, 6) is -1.12. The molecule has 0 radical (unpaired) electrons. The van der Waals surface area contributed by atoms with E-state index in [1.165, 1.54) is 0 Å². The molecule has 1 saturated carbocycles. The molecule has 2 bridgehead atoms. The first kappa shape index (κ1) is 23.5. The summed E-state index contributed by atoms with van der Waals surface area (Å²) in [6, 6.07) is 12.5. The number of nitrogens with zero attached hydrogens (tertiary/aromatic N) is 2. The Bertz CT molecular complexity index is 1180. The number of fused-ring (bicyclic) bond motifs is 4. The largest absolute Gasteiger partial charge is 0.396 e. The number of carbonyl (C=O) groups excluding carboxylic acids is 2. The fraction of sp³-hybridized carbons (Fsp3) is 0.464. The summed E-state index contributed by atoms with van der Waals surface area (Å²) in [4.78, 5) is 42.2. The summed E-state index contributed by atoms with van der Waals surface area (Å²) in [5, 5.41) is 13.3. The van der Waals surface area contributed by atoms with Gasteiger partial charge in [0.25, 0.3) is 5.56 Å². The van der Waals surface area contributed by atoms with E-state index in [2.05, 4.69) is 5.32 Å². The number of rotatable bonds is 7. The van der Waals surface area contributed by atoms with Crippen molar-refractivity contribution in [2.75, 3.05) is 13.2 Å². The molecule has 1 aromatic carbocycles. The fourth-order valence-corrected chi connectivity index (χ4v) is 5.83. The molecular formula is C28H33N3O4. The number of hydrogen-bond acceptors (Lipinski definition) is 4. The number of amides is 2. The summed E-state index contributed by atoms with van der Waals surface area (Å²) >= 11 is 0. The van der Waals surface area contributed by atoms with Crippen LogP contribution in [-0.2, 0) is 16.1 Å². The van der Waals surface area contributed by atoms with Crippen LogP contribution in [0.2, 0.25) is 0 Å². The van der Waals surface area contributed by atoms with Crippen LogP contribution in [0.5, 0.6) is 0 Å². The monoisotopic (exact) mass is 475 g/mol. The lowest BCUT2D eigenvalue weighted by molar-refractivity contribution is -0.143. The molecule has 3 aliphatic rings. The van der Waals surface area contributed by atoms with Crippen LogP contribution in [0.4, 0.5) is 0 Å². The molecule has 2 fully saturated rings. The van der Waals surface area contributed by atoms with Gasteiger partial charge in [0.2, 0.25) is 11.8 Å². The van der Waals surface area contributed by atoms with Crippen molar-refractivity contribution in [3.63, 3.8) is 0 Å². The third-order valence-corrected chi connectivity index (χ3v) is 7.89. The smallest absolute Gasteiger partial charge is 0.258 e. The van der Waals surface area contributed by atoms with Gasteiger partial charge in [-0.15, -0.1) is 0 Å². The van der Waals surface area contributed by atoms with Gasteiger partial charge in [0, 0.05) is 42.8 Å². The van der Waals surface area contributed by atoms with Crippen LogP contribution in [0.1, 0.15) is 55.5 Å². The predicted octanol–water partition coefficient (Wildman–Crippen LogP) is 2.84. The minimum absolute atomic E-state index is 0.0249. The molecule has 7 heteroatoms. The number of aromatic nitrogens is 1. The molecule has 2 N–H and O–H groups in total. The highest BCUT2D eigenvalue weighted by Crippen LogP contribution is 2.50. The molecule has 0 spiro atoms. The van der Waals surface area contributed by atoms with Crippen molar-refractivity contribution < 1.29 is 14.7 Å². The molecule has 4 atom stereocenters. The minimum Gasteiger partial charge on any atom is -0.396 e. The van der Waals surface area contributed by atoms with Gasteiger partial charge < -0.3 is 19.9 Å². The minimum atomic E-state index is -0.584. The summed E-state index contributed by atoms with van der Waals surface area (Å²) in [5.41, 5.74) is 2.11. The molecule has 3 heterocycles. The first-order valence-electron chi connectivity index (χ1n) is 12.7. The zero-order valence-corrected chi connectivity index (χ0v) is 20.1. The molecule has 2 amide bonds. The van der Waals surface area contributed by atoms with Crippen molar-refractivity contribution in [3.8, 4) is 0 Å². The Morgan fingerprint density at radius 1 is 1.11 bits per heavy atom. The average molecular weight is 476 g/mol. The maximum absolute atomic E-state index is 13.5. The second-order valence-corrected chi connectivity index (χ2v) is 9.92. The first-order valence-corrected chi connectivity index (χ1v) is 12.7. The quantitative estimate of drug-likeness (QED) is 0.644. The Kier molecular flexibility index (Phi) is 6.60. The molecule has 2 aliphatic heterocycles. The Morgan fingerprint density at radius 2 is 1.89 bits per heavy atom. The van der Waals surface area contributed by atoms with Crippen molar-refractivity contribution >= 4 is 24.0 Å². The molecule has 7 nitrogen and oxygen atoms in total. The number of hydrogen-bond donors (Lipinski definition) is 2. The Hall–Kier alpha value is -3.19. The topological polar surface area (TPSA) is 91.6 Å². The van der Waals surface area contributed by atoms with Gasteiger partial charge in [0.05, 0.1) is 18.0 Å². The van der Waals surface area contributed by atoms with Crippen LogP contribution in [0.25, 0.3) is 12.2 Å². The standard InChI is InChI=1S/C28H33N3O4/c1-2-15-29-26(33)24-21(17-32)23-16-30-22(25(24)31(23)28(35)19-9-6-10-19)14-13-20(27(30)34)12-11-18-7-4-3-5-8-18/h3-5,7-8,11-14,19,21,23-25,32H,2,6,9-10,15-17H2,1H3,(H,29,33)/b12-11+/t21-,23-,24+,25+/m1/s1. The van der Waals surface area contributed by atoms with Crippen LogP contribution in [0.15, 0.2) is 47.3 Å². The second kappa shape index (κ2) is 9.82. The lowest BCUT2D eigenvalue weighted by Gasteiger charge is -2.41. The Morgan fingerprint density at radius 3 is 2.54 bits per heavy atom. The van der Waals surface area contributed by atoms with Gasteiger partial charge in [-0.2, -0.15) is 0 Å². The van der Waals surface area contributed by atoms with Crippen molar-refractivity contribution in [1.82, 2.24) is 14.8 Å². The van der Waals surface area contributed by atoms with E-state index in [9.17, 15) is 19.5 Å². The molecular weight excluding hydrogens is 442 g/mol. The summed E-state index contributed by atoms with van der Waals surface area (Å²) < 4.78 is 1.72. The van der Waals surface area contributed by atoms with Gasteiger partial charge in [-0.05, 0) is 43.0 Å². The highest BCUT2D eigenvalue weighted by Gasteiger charge is 2.58. The summed E-state index contributed by atoms with van der Waals surface area (Å²) in [6.07, 6.45) is 7.28. The van der Waals surface area contributed by atoms with Crippen molar-refractivity contribution in [1.29, 1.82) is 0 Å². The fourth-order valence-electron chi connectivity index (χ4n) is 5.83. The molecule has 1 aliphatic carbocycles. The second-order valence-electron chi connectivity index (χ2n) is 9.92. The van der Waals surface area contributed by atoms with Crippen LogP contribution >= 0.6 is 0 Å². The van der Waals surface area contributed by atoms with Crippen molar-refractivity contribution in [3.05, 3.63) is 69.6 Å². The first-order chi connectivity index (χ1) is 17.0. The number of carbonyl (C=O) groups is 2. The van der Waals surface area contributed by atoms with Gasteiger partial charge in [-0.25, -0.2) is 0 Å². The highest BCUT2D eigenvalue weighted by molar-refractivity contribution is 5.85. The number of pyridine rings is 1. The average Bonchev–Trinajstić information content (AvgIpc) is 3.08. The SMILES string of the molecule is CCCNC(=O)[C@H]1[C@H](CO)[C@H]2Cn3c(ccc(/C=C/c4ccccc4)c3=O)[C@@H]1N2C(=O)C1CCC1. The number of aliphatic hydroxyl groups excluding tert-OH is 1. The van der Waals surface area contributed by atoms with Gasteiger partial charge in [-0.3, -0.25) is 14.4 Å². The van der Waals surface area contributed by atoms with Crippen molar-refractivity contribution in [2.24, 2.45) is 17.8 Å². The van der Waals surface area contributed by atoms with E-state index >= 15 is 0 Å². The zero-order chi connectivity index (χ0) is 24.5. The van der Waals surface area contributed by atoms with Gasteiger partial charge >= 0.3 is 0 Å². The molecule has 1 saturated heterocycles.